The summed E-state index contributed by atoms with van der Waals surface area (Å²) in [6, 6.07) is 23.8. The third kappa shape index (κ3) is 5.20. The third-order valence-corrected chi connectivity index (χ3v) is 7.52. The maximum Gasteiger partial charge on any atom is 0.256 e. The summed E-state index contributed by atoms with van der Waals surface area (Å²) in [5.41, 5.74) is 3.34. The first-order valence-corrected chi connectivity index (χ1v) is 13.1. The van der Waals surface area contributed by atoms with Crippen molar-refractivity contribution in [2.24, 2.45) is 0 Å². The maximum atomic E-state index is 13.9. The van der Waals surface area contributed by atoms with E-state index in [2.05, 4.69) is 5.32 Å². The third-order valence-electron chi connectivity index (χ3n) is 7.52. The zero-order valence-electron chi connectivity index (χ0n) is 21.9. The van der Waals surface area contributed by atoms with Crippen LogP contribution in [0.2, 0.25) is 0 Å². The van der Waals surface area contributed by atoms with Crippen molar-refractivity contribution in [2.75, 3.05) is 19.7 Å². The molecule has 7 nitrogen and oxygen atoms in total. The van der Waals surface area contributed by atoms with Crippen LogP contribution in [0, 0.1) is 13.8 Å². The molecular formula is C31H33N3O4. The first-order valence-electron chi connectivity index (χ1n) is 13.1. The fourth-order valence-electron chi connectivity index (χ4n) is 5.24. The van der Waals surface area contributed by atoms with Crippen molar-refractivity contribution in [2.45, 2.75) is 45.0 Å². The van der Waals surface area contributed by atoms with E-state index >= 15 is 0 Å². The molecule has 5 rings (SSSR count). The van der Waals surface area contributed by atoms with Gasteiger partial charge in [-0.2, -0.15) is 0 Å². The number of nitrogens with one attached hydrogen (secondary N) is 1. The van der Waals surface area contributed by atoms with Crippen LogP contribution in [-0.2, 0) is 16.1 Å². The van der Waals surface area contributed by atoms with Gasteiger partial charge in [0.15, 0.2) is 0 Å². The highest BCUT2D eigenvalue weighted by atomic mass is 16.5. The number of carbonyl (C=O) groups is 3. The Morgan fingerprint density at radius 2 is 1.37 bits per heavy atom. The molecule has 3 amide bonds. The van der Waals surface area contributed by atoms with E-state index in [4.69, 9.17) is 4.74 Å². The molecule has 0 radical (unpaired) electrons. The Balaban J connectivity index is 1.36. The van der Waals surface area contributed by atoms with Crippen LogP contribution in [0.3, 0.4) is 0 Å². The zero-order valence-corrected chi connectivity index (χ0v) is 21.9. The van der Waals surface area contributed by atoms with E-state index < -0.39 is 11.8 Å². The van der Waals surface area contributed by atoms with E-state index in [1.165, 1.54) is 0 Å². The molecular weight excluding hydrogens is 478 g/mol. The molecule has 0 aromatic heterocycles. The molecule has 2 fully saturated rings. The molecule has 3 aromatic rings. The molecule has 1 N–H and O–H groups in total. The minimum Gasteiger partial charge on any atom is -0.353 e. The van der Waals surface area contributed by atoms with Crippen molar-refractivity contribution in [3.63, 3.8) is 0 Å². The molecule has 1 unspecified atom stereocenters. The van der Waals surface area contributed by atoms with Crippen molar-refractivity contribution in [1.82, 2.24) is 15.1 Å². The second-order valence-corrected chi connectivity index (χ2v) is 10.2. The van der Waals surface area contributed by atoms with Gasteiger partial charge in [0, 0.05) is 43.6 Å². The fourth-order valence-corrected chi connectivity index (χ4v) is 5.24. The van der Waals surface area contributed by atoms with Crippen LogP contribution in [0.4, 0.5) is 0 Å². The number of hydrogen-bond acceptors (Lipinski definition) is 4. The number of likely N-dealkylation sites (tertiary alicyclic amines) is 1. The van der Waals surface area contributed by atoms with Crippen LogP contribution in [0.25, 0.3) is 0 Å². The van der Waals surface area contributed by atoms with E-state index in [0.29, 0.717) is 43.6 Å². The molecule has 2 aliphatic rings. The number of benzene rings is 3. The highest BCUT2D eigenvalue weighted by Crippen LogP contribution is 2.39. The van der Waals surface area contributed by atoms with Gasteiger partial charge in [0.25, 0.3) is 11.8 Å². The van der Waals surface area contributed by atoms with Gasteiger partial charge in [-0.1, -0.05) is 65.7 Å². The molecule has 1 spiro atoms. The molecule has 0 bridgehead atoms. The molecule has 2 heterocycles. The van der Waals surface area contributed by atoms with Crippen LogP contribution in [-0.4, -0.2) is 59.0 Å². The molecule has 3 aromatic carbocycles. The van der Waals surface area contributed by atoms with Gasteiger partial charge in [0.05, 0.1) is 6.61 Å². The summed E-state index contributed by atoms with van der Waals surface area (Å²) in [5.74, 6) is -0.517. The summed E-state index contributed by atoms with van der Waals surface area (Å²) in [4.78, 5) is 43.8. The Morgan fingerprint density at radius 1 is 0.816 bits per heavy atom. The van der Waals surface area contributed by atoms with E-state index in [1.807, 2.05) is 80.6 Å². The van der Waals surface area contributed by atoms with E-state index in [-0.39, 0.29) is 24.3 Å². The van der Waals surface area contributed by atoms with Gasteiger partial charge >= 0.3 is 0 Å². The van der Waals surface area contributed by atoms with Crippen molar-refractivity contribution in [1.29, 1.82) is 0 Å². The molecule has 0 aliphatic carbocycles. The van der Waals surface area contributed by atoms with Gasteiger partial charge in [0.1, 0.15) is 11.8 Å². The number of carbonyl (C=O) groups excluding carboxylic acids is 3. The molecule has 38 heavy (non-hydrogen) atoms. The number of rotatable bonds is 5. The van der Waals surface area contributed by atoms with Gasteiger partial charge in [-0.15, -0.1) is 0 Å². The van der Waals surface area contributed by atoms with Crippen LogP contribution in [0.15, 0.2) is 78.9 Å². The first kappa shape index (κ1) is 25.7. The summed E-state index contributed by atoms with van der Waals surface area (Å²) in [5, 5.41) is 2.98. The number of piperidine rings is 1. The number of ether oxygens (including phenoxy) is 1. The molecule has 196 valence electrons. The Labute approximate surface area is 223 Å². The van der Waals surface area contributed by atoms with Crippen LogP contribution in [0.5, 0.6) is 0 Å². The van der Waals surface area contributed by atoms with Crippen LogP contribution in [0.1, 0.15) is 50.2 Å². The number of nitrogens with zero attached hydrogens (tertiary/aromatic N) is 2. The average molecular weight is 512 g/mol. The molecule has 1 atom stereocenters. The first-order chi connectivity index (χ1) is 18.4. The lowest BCUT2D eigenvalue weighted by atomic mass is 9.95. The molecule has 2 saturated heterocycles. The largest absolute Gasteiger partial charge is 0.353 e. The minimum absolute atomic E-state index is 0.0357. The van der Waals surface area contributed by atoms with Crippen molar-refractivity contribution < 1.29 is 19.1 Å². The number of hydrogen-bond donors (Lipinski definition) is 1. The zero-order chi connectivity index (χ0) is 26.7. The Morgan fingerprint density at radius 3 is 1.95 bits per heavy atom. The molecule has 0 saturated carbocycles. The van der Waals surface area contributed by atoms with Gasteiger partial charge < -0.3 is 15.0 Å². The van der Waals surface area contributed by atoms with Gasteiger partial charge in [-0.05, 0) is 43.7 Å². The Bertz CT molecular complexity index is 1300. The summed E-state index contributed by atoms with van der Waals surface area (Å²) in [7, 11) is 0. The normalized spacial score (nSPS) is 18.4. The van der Waals surface area contributed by atoms with Gasteiger partial charge in [0.2, 0.25) is 5.91 Å². The Hall–Kier alpha value is -3.97. The Kier molecular flexibility index (Phi) is 7.29. The van der Waals surface area contributed by atoms with E-state index in [9.17, 15) is 14.4 Å². The van der Waals surface area contributed by atoms with Crippen LogP contribution >= 0.6 is 0 Å². The fraction of sp³-hybridized carbons (Fsp3) is 0.323. The van der Waals surface area contributed by atoms with Gasteiger partial charge in [-0.25, -0.2) is 0 Å². The highest BCUT2D eigenvalue weighted by molar-refractivity contribution is 5.98. The van der Waals surface area contributed by atoms with Crippen LogP contribution < -0.4 is 5.32 Å². The topological polar surface area (TPSA) is 79.0 Å². The second-order valence-electron chi connectivity index (χ2n) is 10.2. The van der Waals surface area contributed by atoms with Crippen molar-refractivity contribution >= 4 is 17.7 Å². The second kappa shape index (κ2) is 10.8. The average Bonchev–Trinajstić information content (AvgIpc) is 3.31. The molecule has 2 aliphatic heterocycles. The smallest absolute Gasteiger partial charge is 0.256 e. The van der Waals surface area contributed by atoms with Crippen molar-refractivity contribution in [3.8, 4) is 0 Å². The lowest BCUT2D eigenvalue weighted by Crippen LogP contribution is -2.59. The van der Waals surface area contributed by atoms with Crippen molar-refractivity contribution in [3.05, 3.63) is 107 Å². The highest BCUT2D eigenvalue weighted by Gasteiger charge is 2.54. The summed E-state index contributed by atoms with van der Waals surface area (Å²) in [6.45, 7) is 5.31. The SMILES string of the molecule is Cc1ccc(C(=O)N2CCC3(CC2)OCC(C(=O)NCc2ccccc2)N3C(=O)c2ccc(C)cc2)cc1. The lowest BCUT2D eigenvalue weighted by Gasteiger charge is -2.44. The summed E-state index contributed by atoms with van der Waals surface area (Å²) in [6.07, 6.45) is 0.870. The predicted molar refractivity (Wildman–Crippen MR) is 144 cm³/mol. The predicted octanol–water partition coefficient (Wildman–Crippen LogP) is 4.09. The maximum absolute atomic E-state index is 13.9. The summed E-state index contributed by atoms with van der Waals surface area (Å²) < 4.78 is 6.30. The minimum atomic E-state index is -0.944. The molecule has 7 heteroatoms. The standard InChI is InChI=1S/C31H33N3O4/c1-22-8-12-25(13-9-22)29(36)33-18-16-31(17-19-33)34(30(37)26-14-10-23(2)11-15-26)27(21-38-31)28(35)32-20-24-6-4-3-5-7-24/h3-15,27H,16-21H2,1-2H3,(H,32,35). The lowest BCUT2D eigenvalue weighted by molar-refractivity contribution is -0.128. The van der Waals surface area contributed by atoms with E-state index in [0.717, 1.165) is 16.7 Å². The summed E-state index contributed by atoms with van der Waals surface area (Å²) >= 11 is 0. The van der Waals surface area contributed by atoms with E-state index in [1.54, 1.807) is 21.9 Å². The number of amides is 3. The monoisotopic (exact) mass is 511 g/mol. The van der Waals surface area contributed by atoms with Gasteiger partial charge in [-0.3, -0.25) is 19.3 Å². The quantitative estimate of drug-likeness (QED) is 0.560. The number of aryl methyl sites for hydroxylation is 2.